The van der Waals surface area contributed by atoms with Crippen LogP contribution >= 0.6 is 24.0 Å². The molecule has 2 atom stereocenters. The zero-order valence-corrected chi connectivity index (χ0v) is 14.5. The van der Waals surface area contributed by atoms with Gasteiger partial charge in [-0.1, -0.05) is 53.3 Å². The SMILES string of the molecule is CCC1(CC)C(C)C(=O)C1SC(=S)OCC(C)(C)C. The Labute approximate surface area is 127 Å². The monoisotopic (exact) mass is 302 g/mol. The number of ether oxygens (including phenoxy) is 1. The van der Waals surface area contributed by atoms with Crippen molar-refractivity contribution in [3.05, 3.63) is 0 Å². The van der Waals surface area contributed by atoms with Crippen molar-refractivity contribution in [3.63, 3.8) is 0 Å². The fourth-order valence-corrected chi connectivity index (χ4v) is 4.50. The molecule has 4 heteroatoms. The van der Waals surface area contributed by atoms with Crippen LogP contribution in [0.15, 0.2) is 0 Å². The third-order valence-corrected chi connectivity index (χ3v) is 5.88. The van der Waals surface area contributed by atoms with Gasteiger partial charge in [0.2, 0.25) is 4.38 Å². The van der Waals surface area contributed by atoms with Gasteiger partial charge in [0.15, 0.2) is 0 Å². The predicted octanol–water partition coefficient (Wildman–Crippen LogP) is 4.46. The van der Waals surface area contributed by atoms with Gasteiger partial charge in [-0.3, -0.25) is 4.79 Å². The number of hydrogen-bond donors (Lipinski definition) is 0. The molecular formula is C15H26O2S2. The molecule has 1 fully saturated rings. The van der Waals surface area contributed by atoms with E-state index in [9.17, 15) is 4.79 Å². The average molecular weight is 303 g/mol. The molecule has 1 aliphatic rings. The topological polar surface area (TPSA) is 26.3 Å². The summed E-state index contributed by atoms with van der Waals surface area (Å²) in [4.78, 5) is 12.1. The number of carbonyl (C=O) groups excluding carboxylic acids is 1. The van der Waals surface area contributed by atoms with Crippen LogP contribution in [0.5, 0.6) is 0 Å². The lowest BCUT2D eigenvalue weighted by Crippen LogP contribution is -2.58. The Bertz CT molecular complexity index is 354. The molecule has 1 aliphatic carbocycles. The Kier molecular flexibility index (Phi) is 5.47. The highest BCUT2D eigenvalue weighted by molar-refractivity contribution is 8.23. The molecule has 0 aliphatic heterocycles. The Balaban J connectivity index is 2.61. The van der Waals surface area contributed by atoms with Gasteiger partial charge in [0.25, 0.3) is 0 Å². The standard InChI is InChI=1S/C15H26O2S2/c1-7-15(8-2)10(3)11(16)12(15)19-13(18)17-9-14(4,5)6/h10,12H,7-9H2,1-6H3. The number of thioether (sulfide) groups is 1. The van der Waals surface area contributed by atoms with Gasteiger partial charge in [-0.2, -0.15) is 0 Å². The molecule has 0 amide bonds. The van der Waals surface area contributed by atoms with E-state index in [2.05, 4.69) is 34.6 Å². The number of carbonyl (C=O) groups is 1. The van der Waals surface area contributed by atoms with E-state index in [1.54, 1.807) is 0 Å². The van der Waals surface area contributed by atoms with E-state index < -0.39 is 0 Å². The summed E-state index contributed by atoms with van der Waals surface area (Å²) in [7, 11) is 0. The summed E-state index contributed by atoms with van der Waals surface area (Å²) in [6, 6.07) is 0. The van der Waals surface area contributed by atoms with Gasteiger partial charge >= 0.3 is 0 Å². The van der Waals surface area contributed by atoms with E-state index in [0.717, 1.165) is 12.8 Å². The number of ketones is 1. The van der Waals surface area contributed by atoms with E-state index in [1.165, 1.54) is 11.8 Å². The van der Waals surface area contributed by atoms with Crippen LogP contribution in [-0.4, -0.2) is 22.0 Å². The van der Waals surface area contributed by atoms with Crippen molar-refractivity contribution < 1.29 is 9.53 Å². The van der Waals surface area contributed by atoms with E-state index >= 15 is 0 Å². The molecule has 2 nitrogen and oxygen atoms in total. The van der Waals surface area contributed by atoms with Gasteiger partial charge < -0.3 is 4.74 Å². The maximum Gasteiger partial charge on any atom is 0.220 e. The first-order chi connectivity index (χ1) is 8.68. The number of rotatable bonds is 4. The van der Waals surface area contributed by atoms with Gasteiger partial charge in [0.1, 0.15) is 5.78 Å². The molecule has 2 unspecified atom stereocenters. The normalized spacial score (nSPS) is 25.9. The van der Waals surface area contributed by atoms with Crippen molar-refractivity contribution in [3.8, 4) is 0 Å². The van der Waals surface area contributed by atoms with Crippen LogP contribution in [-0.2, 0) is 9.53 Å². The van der Waals surface area contributed by atoms with Crippen molar-refractivity contribution in [1.29, 1.82) is 0 Å². The Morgan fingerprint density at radius 2 is 1.89 bits per heavy atom. The van der Waals surface area contributed by atoms with Crippen LogP contribution in [0.25, 0.3) is 0 Å². The van der Waals surface area contributed by atoms with Gasteiger partial charge in [-0.05, 0) is 35.9 Å². The lowest BCUT2D eigenvalue weighted by Gasteiger charge is -2.52. The largest absolute Gasteiger partial charge is 0.478 e. The summed E-state index contributed by atoms with van der Waals surface area (Å²) in [6.07, 6.45) is 2.05. The second-order valence-corrected chi connectivity index (χ2v) is 8.37. The molecule has 0 heterocycles. The van der Waals surface area contributed by atoms with Crippen molar-refractivity contribution in [2.45, 2.75) is 59.6 Å². The smallest absolute Gasteiger partial charge is 0.220 e. The Morgan fingerprint density at radius 3 is 2.32 bits per heavy atom. The molecule has 1 saturated carbocycles. The van der Waals surface area contributed by atoms with E-state index in [-0.39, 0.29) is 22.0 Å². The van der Waals surface area contributed by atoms with Crippen molar-refractivity contribution in [2.75, 3.05) is 6.61 Å². The third-order valence-electron chi connectivity index (χ3n) is 4.22. The summed E-state index contributed by atoms with van der Waals surface area (Å²) in [5.74, 6) is 0.487. The van der Waals surface area contributed by atoms with Crippen molar-refractivity contribution >= 4 is 34.1 Å². The van der Waals surface area contributed by atoms with Gasteiger partial charge in [-0.15, -0.1) is 0 Å². The fraction of sp³-hybridized carbons (Fsp3) is 0.867. The van der Waals surface area contributed by atoms with Crippen LogP contribution in [0.3, 0.4) is 0 Å². The fourth-order valence-electron chi connectivity index (χ4n) is 2.74. The molecule has 110 valence electrons. The lowest BCUT2D eigenvalue weighted by atomic mass is 9.56. The van der Waals surface area contributed by atoms with E-state index in [4.69, 9.17) is 17.0 Å². The highest BCUT2D eigenvalue weighted by Gasteiger charge is 2.58. The number of hydrogen-bond acceptors (Lipinski definition) is 4. The zero-order valence-electron chi connectivity index (χ0n) is 12.9. The highest BCUT2D eigenvalue weighted by Crippen LogP contribution is 2.54. The van der Waals surface area contributed by atoms with Crippen LogP contribution in [0, 0.1) is 16.7 Å². The summed E-state index contributed by atoms with van der Waals surface area (Å²) in [5.41, 5.74) is 0.199. The average Bonchev–Trinajstić information content (AvgIpc) is 2.35. The third kappa shape index (κ3) is 3.52. The second kappa shape index (κ2) is 6.13. The van der Waals surface area contributed by atoms with E-state index in [1.807, 2.05) is 6.92 Å². The molecule has 0 aromatic carbocycles. The molecule has 1 rings (SSSR count). The molecule has 0 aromatic rings. The maximum absolute atomic E-state index is 12.1. The molecule has 0 N–H and O–H groups in total. The predicted molar refractivity (Wildman–Crippen MR) is 86.6 cm³/mol. The Morgan fingerprint density at radius 1 is 1.37 bits per heavy atom. The molecule has 0 aromatic heterocycles. The molecule has 0 bridgehead atoms. The molecular weight excluding hydrogens is 276 g/mol. The molecule has 0 radical (unpaired) electrons. The van der Waals surface area contributed by atoms with Crippen molar-refractivity contribution in [2.24, 2.45) is 16.7 Å². The van der Waals surface area contributed by atoms with Gasteiger partial charge in [0.05, 0.1) is 11.9 Å². The van der Waals surface area contributed by atoms with Crippen molar-refractivity contribution in [1.82, 2.24) is 0 Å². The number of thiocarbonyl (C=S) groups is 1. The maximum atomic E-state index is 12.1. The first kappa shape index (κ1) is 17.0. The number of Topliss-reactive ketones (excluding diaryl/α,β-unsaturated/α-hetero) is 1. The zero-order chi connectivity index (χ0) is 14.8. The Hall–Kier alpha value is -0.0900. The van der Waals surface area contributed by atoms with Crippen LogP contribution < -0.4 is 0 Å². The van der Waals surface area contributed by atoms with Gasteiger partial charge in [-0.25, -0.2) is 0 Å². The summed E-state index contributed by atoms with van der Waals surface area (Å²) >= 11 is 6.73. The minimum absolute atomic E-state index is 0.00929. The summed E-state index contributed by atoms with van der Waals surface area (Å²) < 4.78 is 6.14. The second-order valence-electron chi connectivity index (χ2n) is 6.66. The molecule has 0 spiro atoms. The lowest BCUT2D eigenvalue weighted by molar-refractivity contribution is -0.140. The quantitative estimate of drug-likeness (QED) is 0.716. The minimum Gasteiger partial charge on any atom is -0.478 e. The first-order valence-corrected chi connectivity index (χ1v) is 8.34. The summed E-state index contributed by atoms with van der Waals surface area (Å²) in [6.45, 7) is 13.3. The van der Waals surface area contributed by atoms with Gasteiger partial charge in [0, 0.05) is 5.92 Å². The van der Waals surface area contributed by atoms with Crippen LogP contribution in [0.1, 0.15) is 54.4 Å². The first-order valence-electron chi connectivity index (χ1n) is 7.05. The van der Waals surface area contributed by atoms with Crippen LogP contribution in [0.4, 0.5) is 0 Å². The minimum atomic E-state index is -0.00929. The molecule has 0 saturated heterocycles. The van der Waals surface area contributed by atoms with Crippen LogP contribution in [0.2, 0.25) is 0 Å². The highest BCUT2D eigenvalue weighted by atomic mass is 32.2. The molecule has 19 heavy (non-hydrogen) atoms. The van der Waals surface area contributed by atoms with E-state index in [0.29, 0.717) is 16.8 Å². The summed E-state index contributed by atoms with van der Waals surface area (Å²) in [5, 5.41) is -0.00929.